The quantitative estimate of drug-likeness (QED) is 0.679. The number of nitrogens with one attached hydrogen (secondary N) is 2. The minimum absolute atomic E-state index is 0.0415. The van der Waals surface area contributed by atoms with E-state index in [0.717, 1.165) is 11.5 Å². The standard InChI is InChI=1S/C8H13N3O2/c1-6-3-7(11-13-6)4-10-5-8(12)9-2/h3,10H,4-5H2,1-2H3,(H,9,12). The summed E-state index contributed by atoms with van der Waals surface area (Å²) in [4.78, 5) is 10.8. The van der Waals surface area contributed by atoms with Crippen molar-refractivity contribution in [3.63, 3.8) is 0 Å². The van der Waals surface area contributed by atoms with Gasteiger partial charge in [-0.2, -0.15) is 0 Å². The highest BCUT2D eigenvalue weighted by Crippen LogP contribution is 1.99. The lowest BCUT2D eigenvalue weighted by molar-refractivity contribution is -0.119. The molecule has 0 aliphatic carbocycles. The van der Waals surface area contributed by atoms with Crippen molar-refractivity contribution < 1.29 is 9.32 Å². The lowest BCUT2D eigenvalue weighted by atomic mass is 10.4. The molecule has 0 aliphatic heterocycles. The fraction of sp³-hybridized carbons (Fsp3) is 0.500. The zero-order chi connectivity index (χ0) is 9.68. The van der Waals surface area contributed by atoms with Crippen LogP contribution in [0.1, 0.15) is 11.5 Å². The average molecular weight is 183 g/mol. The largest absolute Gasteiger partial charge is 0.361 e. The molecule has 0 atom stereocenters. The van der Waals surface area contributed by atoms with Gasteiger partial charge >= 0.3 is 0 Å². The van der Waals surface area contributed by atoms with Gasteiger partial charge in [-0.25, -0.2) is 0 Å². The number of carbonyl (C=O) groups is 1. The van der Waals surface area contributed by atoms with Crippen molar-refractivity contribution in [1.82, 2.24) is 15.8 Å². The van der Waals surface area contributed by atoms with Crippen molar-refractivity contribution in [2.24, 2.45) is 0 Å². The number of likely N-dealkylation sites (N-methyl/N-ethyl adjacent to an activating group) is 1. The first-order chi connectivity index (χ1) is 6.22. The molecule has 0 fully saturated rings. The van der Waals surface area contributed by atoms with Gasteiger partial charge in [0.25, 0.3) is 0 Å². The molecule has 5 heteroatoms. The first-order valence-corrected chi connectivity index (χ1v) is 4.06. The Balaban J connectivity index is 2.24. The van der Waals surface area contributed by atoms with E-state index in [2.05, 4.69) is 15.8 Å². The first kappa shape index (κ1) is 9.73. The molecule has 13 heavy (non-hydrogen) atoms. The Morgan fingerprint density at radius 1 is 1.69 bits per heavy atom. The highest BCUT2D eigenvalue weighted by molar-refractivity contribution is 5.77. The summed E-state index contributed by atoms with van der Waals surface area (Å²) in [7, 11) is 1.60. The summed E-state index contributed by atoms with van der Waals surface area (Å²) in [6.07, 6.45) is 0. The topological polar surface area (TPSA) is 67.2 Å². The van der Waals surface area contributed by atoms with E-state index in [4.69, 9.17) is 4.52 Å². The molecule has 0 saturated heterocycles. The van der Waals surface area contributed by atoms with Crippen LogP contribution in [0.15, 0.2) is 10.6 Å². The Hall–Kier alpha value is -1.36. The molecule has 0 aromatic carbocycles. The minimum atomic E-state index is -0.0415. The molecule has 72 valence electrons. The van der Waals surface area contributed by atoms with E-state index in [0.29, 0.717) is 13.1 Å². The van der Waals surface area contributed by atoms with Crippen LogP contribution in [0.3, 0.4) is 0 Å². The molecule has 1 amide bonds. The van der Waals surface area contributed by atoms with Crippen LogP contribution >= 0.6 is 0 Å². The van der Waals surface area contributed by atoms with E-state index >= 15 is 0 Å². The molecule has 0 spiro atoms. The van der Waals surface area contributed by atoms with E-state index in [1.54, 1.807) is 7.05 Å². The van der Waals surface area contributed by atoms with Gasteiger partial charge < -0.3 is 15.2 Å². The maximum Gasteiger partial charge on any atom is 0.233 e. The summed E-state index contributed by atoms with van der Waals surface area (Å²) in [5.74, 6) is 0.733. The molecular weight excluding hydrogens is 170 g/mol. The molecule has 1 rings (SSSR count). The van der Waals surface area contributed by atoms with Crippen molar-refractivity contribution in [2.45, 2.75) is 13.5 Å². The second-order valence-corrected chi connectivity index (χ2v) is 2.71. The number of rotatable bonds is 4. The Morgan fingerprint density at radius 3 is 3.00 bits per heavy atom. The SMILES string of the molecule is CNC(=O)CNCc1cc(C)on1. The highest BCUT2D eigenvalue weighted by Gasteiger charge is 2.00. The Morgan fingerprint density at radius 2 is 2.46 bits per heavy atom. The molecular formula is C8H13N3O2. The minimum Gasteiger partial charge on any atom is -0.361 e. The van der Waals surface area contributed by atoms with Crippen molar-refractivity contribution in [2.75, 3.05) is 13.6 Å². The predicted molar refractivity (Wildman–Crippen MR) is 47.0 cm³/mol. The molecule has 0 aliphatic rings. The number of hydrogen-bond donors (Lipinski definition) is 2. The van der Waals surface area contributed by atoms with Crippen LogP contribution in [-0.4, -0.2) is 24.7 Å². The van der Waals surface area contributed by atoms with Gasteiger partial charge in [-0.1, -0.05) is 5.16 Å². The normalized spacial score (nSPS) is 10.0. The van der Waals surface area contributed by atoms with Gasteiger partial charge in [-0.15, -0.1) is 0 Å². The number of carbonyl (C=O) groups excluding carboxylic acids is 1. The van der Waals surface area contributed by atoms with Crippen LogP contribution in [0.25, 0.3) is 0 Å². The maximum absolute atomic E-state index is 10.8. The van der Waals surface area contributed by atoms with Crippen LogP contribution in [0.4, 0.5) is 0 Å². The molecule has 1 heterocycles. The van der Waals surface area contributed by atoms with Gasteiger partial charge in [-0.05, 0) is 6.92 Å². The Bertz CT molecular complexity index is 283. The summed E-state index contributed by atoms with van der Waals surface area (Å²) >= 11 is 0. The second-order valence-electron chi connectivity index (χ2n) is 2.71. The third-order valence-electron chi connectivity index (χ3n) is 1.55. The fourth-order valence-electron chi connectivity index (χ4n) is 0.894. The van der Waals surface area contributed by atoms with Crippen LogP contribution < -0.4 is 10.6 Å². The summed E-state index contributed by atoms with van der Waals surface area (Å²) in [6, 6.07) is 1.83. The third kappa shape index (κ3) is 3.25. The van der Waals surface area contributed by atoms with E-state index < -0.39 is 0 Å². The number of amides is 1. The van der Waals surface area contributed by atoms with E-state index in [1.807, 2.05) is 13.0 Å². The van der Waals surface area contributed by atoms with Crippen molar-refractivity contribution >= 4 is 5.91 Å². The fourth-order valence-corrected chi connectivity index (χ4v) is 0.894. The van der Waals surface area contributed by atoms with Crippen molar-refractivity contribution in [3.05, 3.63) is 17.5 Å². The molecule has 0 radical (unpaired) electrons. The van der Waals surface area contributed by atoms with Gasteiger partial charge in [0, 0.05) is 19.7 Å². The van der Waals surface area contributed by atoms with Gasteiger partial charge in [0.2, 0.25) is 5.91 Å². The number of hydrogen-bond acceptors (Lipinski definition) is 4. The summed E-state index contributed by atoms with van der Waals surface area (Å²) in [5, 5.41) is 9.21. The second kappa shape index (κ2) is 4.61. The smallest absolute Gasteiger partial charge is 0.233 e. The van der Waals surface area contributed by atoms with E-state index in [-0.39, 0.29) is 5.91 Å². The summed E-state index contributed by atoms with van der Waals surface area (Å²) in [6.45, 7) is 2.67. The van der Waals surface area contributed by atoms with Crippen LogP contribution in [0, 0.1) is 6.92 Å². The molecule has 5 nitrogen and oxygen atoms in total. The molecule has 0 bridgehead atoms. The summed E-state index contributed by atoms with van der Waals surface area (Å²) < 4.78 is 4.86. The lowest BCUT2D eigenvalue weighted by Gasteiger charge is -1.99. The van der Waals surface area contributed by atoms with Crippen LogP contribution in [0.5, 0.6) is 0 Å². The first-order valence-electron chi connectivity index (χ1n) is 4.06. The number of aromatic nitrogens is 1. The average Bonchev–Trinajstić information content (AvgIpc) is 2.51. The molecule has 2 N–H and O–H groups in total. The summed E-state index contributed by atoms with van der Waals surface area (Å²) in [5.41, 5.74) is 0.807. The molecule has 0 unspecified atom stereocenters. The van der Waals surface area contributed by atoms with Crippen molar-refractivity contribution in [3.8, 4) is 0 Å². The third-order valence-corrected chi connectivity index (χ3v) is 1.55. The van der Waals surface area contributed by atoms with Gasteiger partial charge in [0.05, 0.1) is 12.2 Å². The molecule has 0 saturated carbocycles. The Kier molecular flexibility index (Phi) is 3.45. The lowest BCUT2D eigenvalue weighted by Crippen LogP contribution is -2.31. The van der Waals surface area contributed by atoms with E-state index in [1.165, 1.54) is 0 Å². The Labute approximate surface area is 76.5 Å². The van der Waals surface area contributed by atoms with Crippen molar-refractivity contribution in [1.29, 1.82) is 0 Å². The van der Waals surface area contributed by atoms with Gasteiger partial charge in [0.15, 0.2) is 0 Å². The maximum atomic E-state index is 10.8. The van der Waals surface area contributed by atoms with Gasteiger partial charge in [-0.3, -0.25) is 4.79 Å². The predicted octanol–water partition coefficient (Wildman–Crippen LogP) is -0.181. The van der Waals surface area contributed by atoms with Gasteiger partial charge in [0.1, 0.15) is 5.76 Å². The monoisotopic (exact) mass is 183 g/mol. The highest BCUT2D eigenvalue weighted by atomic mass is 16.5. The van der Waals surface area contributed by atoms with Crippen LogP contribution in [-0.2, 0) is 11.3 Å². The van der Waals surface area contributed by atoms with E-state index in [9.17, 15) is 4.79 Å². The zero-order valence-electron chi connectivity index (χ0n) is 7.76. The van der Waals surface area contributed by atoms with Crippen LogP contribution in [0.2, 0.25) is 0 Å². The molecule has 1 aromatic heterocycles. The number of nitrogens with zero attached hydrogens (tertiary/aromatic N) is 1. The number of aryl methyl sites for hydroxylation is 1. The zero-order valence-corrected chi connectivity index (χ0v) is 7.76. The molecule has 1 aromatic rings.